The van der Waals surface area contributed by atoms with Gasteiger partial charge in [0, 0.05) is 0 Å². The van der Waals surface area contributed by atoms with Crippen molar-refractivity contribution in [3.8, 4) is 0 Å². The van der Waals surface area contributed by atoms with E-state index in [9.17, 15) is 0 Å². The second-order valence-electron chi connectivity index (χ2n) is 1.41. The van der Waals surface area contributed by atoms with Crippen LogP contribution in [0.15, 0.2) is 0 Å². The van der Waals surface area contributed by atoms with Gasteiger partial charge < -0.3 is 0 Å². The number of rotatable bonds is 2. The molecule has 0 fully saturated rings. The van der Waals surface area contributed by atoms with E-state index in [1.165, 1.54) is 29.9 Å². The van der Waals surface area contributed by atoms with Crippen LogP contribution in [0.3, 0.4) is 0 Å². The first kappa shape index (κ1) is 12.5. The zero-order chi connectivity index (χ0) is 6.99. The van der Waals surface area contributed by atoms with Gasteiger partial charge in [-0.05, 0) is 0 Å². The molecule has 0 atom stereocenters. The summed E-state index contributed by atoms with van der Waals surface area (Å²) >= 11 is 0.784. The van der Waals surface area contributed by atoms with Crippen molar-refractivity contribution in [2.75, 3.05) is 0 Å². The van der Waals surface area contributed by atoms with Crippen LogP contribution >= 0.6 is 19.4 Å². The summed E-state index contributed by atoms with van der Waals surface area (Å²) in [4.78, 5) is 0. The van der Waals surface area contributed by atoms with E-state index in [2.05, 4.69) is 23.2 Å². The predicted octanol–water partition coefficient (Wildman–Crippen LogP) is 2.94. The summed E-state index contributed by atoms with van der Waals surface area (Å²) in [6.07, 6.45) is 0. The fourth-order valence-electron chi connectivity index (χ4n) is 0.289. The van der Waals surface area contributed by atoms with Crippen LogP contribution in [-0.4, -0.2) is 13.2 Å². The van der Waals surface area contributed by atoms with Crippen molar-refractivity contribution >= 4 is 32.6 Å². The third kappa shape index (κ3) is 10.7. The normalized spacial score (nSPS) is 6.88. The molecule has 0 spiro atoms. The van der Waals surface area contributed by atoms with E-state index in [0.29, 0.717) is 0 Å². The van der Waals surface area contributed by atoms with Crippen LogP contribution in [0, 0.1) is 0 Å². The SMILES string of the molecule is C[CH2][Al]([Cl])[CH2]C.[Cl][Ti]. The fourth-order valence-corrected chi connectivity index (χ4v) is 0.866. The Morgan fingerprint density at radius 1 is 1.25 bits per heavy atom. The van der Waals surface area contributed by atoms with Gasteiger partial charge in [-0.2, -0.15) is 0 Å². The van der Waals surface area contributed by atoms with Crippen LogP contribution in [0.1, 0.15) is 13.8 Å². The topological polar surface area (TPSA) is 0 Å². The Morgan fingerprint density at radius 2 is 1.50 bits per heavy atom. The van der Waals surface area contributed by atoms with Crippen LogP contribution in [-0.2, 0) is 19.4 Å². The van der Waals surface area contributed by atoms with E-state index in [4.69, 9.17) is 10.0 Å². The summed E-state index contributed by atoms with van der Waals surface area (Å²) in [5.74, 6) is 0. The first-order valence-electron chi connectivity index (χ1n) is 2.64. The van der Waals surface area contributed by atoms with Crippen molar-refractivity contribution < 1.29 is 19.4 Å². The monoisotopic (exact) mass is 203 g/mol. The molecule has 0 bridgehead atoms. The van der Waals surface area contributed by atoms with Crippen molar-refractivity contribution in [3.05, 3.63) is 0 Å². The Hall–Kier alpha value is 1.83. The van der Waals surface area contributed by atoms with Crippen LogP contribution in [0.5, 0.6) is 0 Å². The molecule has 0 amide bonds. The molecule has 0 aromatic carbocycles. The molecule has 0 aliphatic heterocycles. The van der Waals surface area contributed by atoms with Gasteiger partial charge in [-0.3, -0.25) is 10.0 Å². The Bertz CT molecular complexity index is 33.2. The van der Waals surface area contributed by atoms with Crippen molar-refractivity contribution in [2.24, 2.45) is 0 Å². The molecule has 0 aliphatic carbocycles. The zero-order valence-corrected chi connectivity index (χ0v) is 9.48. The van der Waals surface area contributed by atoms with E-state index < -0.39 is 13.2 Å². The van der Waals surface area contributed by atoms with Crippen molar-refractivity contribution in [1.82, 2.24) is 0 Å². The molecule has 0 rings (SSSR count). The zero-order valence-electron chi connectivity index (χ0n) is 5.25. The van der Waals surface area contributed by atoms with Gasteiger partial charge in [-0.15, -0.1) is 0 Å². The molecule has 0 nitrogen and oxygen atoms in total. The quantitative estimate of drug-likeness (QED) is 0.606. The minimum atomic E-state index is -0.688. The fraction of sp³-hybridized carbons (Fsp3) is 1.00. The predicted molar refractivity (Wildman–Crippen MR) is 38.4 cm³/mol. The molecular weight excluding hydrogens is 194 g/mol. The van der Waals surface area contributed by atoms with Crippen LogP contribution in [0.25, 0.3) is 0 Å². The molecule has 0 N–H and O–H groups in total. The van der Waals surface area contributed by atoms with Gasteiger partial charge in [0.15, 0.2) is 0 Å². The Morgan fingerprint density at radius 3 is 1.50 bits per heavy atom. The molecule has 47 valence electrons. The maximum atomic E-state index is 5.79. The second-order valence-corrected chi connectivity index (χ2v) is 6.09. The molecule has 0 heterocycles. The molecule has 0 saturated carbocycles. The van der Waals surface area contributed by atoms with E-state index in [-0.39, 0.29) is 0 Å². The summed E-state index contributed by atoms with van der Waals surface area (Å²) in [6, 6.07) is 0. The second kappa shape index (κ2) is 11.6. The van der Waals surface area contributed by atoms with Gasteiger partial charge >= 0.3 is 41.9 Å². The Labute approximate surface area is 75.8 Å². The number of halogens is 2. The summed E-state index contributed by atoms with van der Waals surface area (Å²) < 4.78 is 0. The molecule has 0 radical (unpaired) electrons. The third-order valence-corrected chi connectivity index (χ3v) is 4.51. The average Bonchev–Trinajstić information content (AvgIpc) is 1.91. The molecule has 0 aliphatic rings. The Kier molecular flexibility index (Phi) is 18.1. The Balaban J connectivity index is 0. The maximum absolute atomic E-state index is 5.79. The van der Waals surface area contributed by atoms with Gasteiger partial charge in [0.1, 0.15) is 0 Å². The van der Waals surface area contributed by atoms with E-state index in [0.717, 1.165) is 0 Å². The van der Waals surface area contributed by atoms with Gasteiger partial charge in [0.2, 0.25) is 0 Å². The number of hydrogen-bond donors (Lipinski definition) is 0. The number of hydrogen-bond acceptors (Lipinski definition) is 0. The van der Waals surface area contributed by atoms with Crippen molar-refractivity contribution in [2.45, 2.75) is 24.4 Å². The van der Waals surface area contributed by atoms with Crippen LogP contribution in [0.2, 0.25) is 10.6 Å². The summed E-state index contributed by atoms with van der Waals surface area (Å²) in [5, 5.41) is 2.47. The molecule has 0 saturated heterocycles. The molecule has 0 aromatic heterocycles. The van der Waals surface area contributed by atoms with E-state index in [1.807, 2.05) is 0 Å². The van der Waals surface area contributed by atoms with Crippen molar-refractivity contribution in [1.29, 1.82) is 0 Å². The molecule has 8 heavy (non-hydrogen) atoms. The van der Waals surface area contributed by atoms with Crippen LogP contribution in [0.4, 0.5) is 0 Å². The summed E-state index contributed by atoms with van der Waals surface area (Å²) in [5.41, 5.74) is 0. The van der Waals surface area contributed by atoms with E-state index >= 15 is 0 Å². The van der Waals surface area contributed by atoms with Gasteiger partial charge in [0.25, 0.3) is 0 Å². The molecular formula is C4H10AlCl2Ti. The molecule has 0 aromatic rings. The molecule has 0 unspecified atom stereocenters. The molecule has 4 heteroatoms. The minimum absolute atomic E-state index is 0.688. The van der Waals surface area contributed by atoms with Crippen LogP contribution < -0.4 is 0 Å². The van der Waals surface area contributed by atoms with Crippen molar-refractivity contribution in [3.63, 3.8) is 0 Å². The average molecular weight is 204 g/mol. The van der Waals surface area contributed by atoms with Gasteiger partial charge in [0.05, 0.1) is 0 Å². The van der Waals surface area contributed by atoms with Gasteiger partial charge in [-0.25, -0.2) is 0 Å². The summed E-state index contributed by atoms with van der Waals surface area (Å²) in [6.45, 7) is 4.32. The standard InChI is InChI=1S/2C2H5.Al.2ClH.Ti/c2*1-2;;;;/h2*1H2,2H3;;2*1H;/q;;+1;;;+1/p-2. The third-order valence-electron chi connectivity index (χ3n) is 0.886. The first-order chi connectivity index (χ1) is 3.81. The summed E-state index contributed by atoms with van der Waals surface area (Å²) in [7, 11) is 10.4. The van der Waals surface area contributed by atoms with Gasteiger partial charge in [-0.1, -0.05) is 24.4 Å². The first-order valence-corrected chi connectivity index (χ1v) is 8.17. The van der Waals surface area contributed by atoms with E-state index in [1.54, 1.807) is 0 Å².